The number of rotatable bonds is 5. The summed E-state index contributed by atoms with van der Waals surface area (Å²) in [5.74, 6) is 0.482. The van der Waals surface area contributed by atoms with Crippen molar-refractivity contribution < 1.29 is 9.53 Å². The smallest absolute Gasteiger partial charge is 0.226 e. The van der Waals surface area contributed by atoms with E-state index in [0.29, 0.717) is 18.6 Å². The molecule has 2 aliphatic rings. The van der Waals surface area contributed by atoms with Gasteiger partial charge in [-0.2, -0.15) is 0 Å². The molecule has 2 fully saturated rings. The number of ether oxygens (including phenoxy) is 1. The van der Waals surface area contributed by atoms with E-state index in [0.717, 1.165) is 45.1 Å². The average Bonchev–Trinajstić information content (AvgIpc) is 3.14. The van der Waals surface area contributed by atoms with Crippen LogP contribution in [0.2, 0.25) is 0 Å². The molecule has 0 aromatic heterocycles. The second kappa shape index (κ2) is 5.83. The zero-order valence-corrected chi connectivity index (χ0v) is 10.7. The van der Waals surface area contributed by atoms with E-state index in [4.69, 9.17) is 10.5 Å². The molecule has 4 nitrogen and oxygen atoms in total. The van der Waals surface area contributed by atoms with E-state index in [1.54, 1.807) is 7.11 Å². The molecule has 0 radical (unpaired) electrons. The van der Waals surface area contributed by atoms with Gasteiger partial charge in [0.25, 0.3) is 0 Å². The van der Waals surface area contributed by atoms with Crippen LogP contribution in [0.4, 0.5) is 0 Å². The van der Waals surface area contributed by atoms with Crippen molar-refractivity contribution in [1.82, 2.24) is 4.90 Å². The Bertz CT molecular complexity index is 266. The summed E-state index contributed by atoms with van der Waals surface area (Å²) in [7, 11) is 1.69. The van der Waals surface area contributed by atoms with E-state index in [1.807, 2.05) is 4.90 Å². The van der Waals surface area contributed by atoms with E-state index in [-0.39, 0.29) is 12.0 Å². The first-order chi connectivity index (χ1) is 8.22. The number of hydrogen-bond donors (Lipinski definition) is 1. The molecule has 0 aromatic rings. The molecule has 2 atom stereocenters. The molecule has 98 valence electrons. The Morgan fingerprint density at radius 2 is 2.12 bits per heavy atom. The van der Waals surface area contributed by atoms with E-state index in [9.17, 15) is 4.79 Å². The largest absolute Gasteiger partial charge is 0.383 e. The fourth-order valence-corrected chi connectivity index (χ4v) is 2.73. The van der Waals surface area contributed by atoms with Gasteiger partial charge in [-0.3, -0.25) is 4.79 Å². The van der Waals surface area contributed by atoms with Crippen LogP contribution < -0.4 is 5.73 Å². The zero-order valence-electron chi connectivity index (χ0n) is 10.7. The molecule has 17 heavy (non-hydrogen) atoms. The van der Waals surface area contributed by atoms with Gasteiger partial charge in [0.2, 0.25) is 5.91 Å². The predicted molar refractivity (Wildman–Crippen MR) is 66.5 cm³/mol. The molecular weight excluding hydrogens is 216 g/mol. The third-order valence-corrected chi connectivity index (χ3v) is 3.87. The van der Waals surface area contributed by atoms with Crippen molar-refractivity contribution in [3.63, 3.8) is 0 Å². The molecule has 2 aliphatic carbocycles. The Morgan fingerprint density at radius 3 is 2.71 bits per heavy atom. The average molecular weight is 240 g/mol. The molecular formula is C13H24N2O2. The summed E-state index contributed by atoms with van der Waals surface area (Å²) in [6, 6.07) is 0.706. The second-order valence-corrected chi connectivity index (χ2v) is 5.38. The fraction of sp³-hybridized carbons (Fsp3) is 0.923. The van der Waals surface area contributed by atoms with Crippen LogP contribution in [0.1, 0.15) is 38.5 Å². The molecule has 0 aliphatic heterocycles. The Balaban J connectivity index is 1.90. The SMILES string of the molecule is COCCN(C(=O)C1CCCC(N)C1)C1CC1. The highest BCUT2D eigenvalue weighted by atomic mass is 16.5. The number of nitrogens with zero attached hydrogens (tertiary/aromatic N) is 1. The lowest BCUT2D eigenvalue weighted by molar-refractivity contribution is -0.138. The molecule has 4 heteroatoms. The number of methoxy groups -OCH3 is 1. The van der Waals surface area contributed by atoms with Crippen LogP contribution in [-0.2, 0) is 9.53 Å². The van der Waals surface area contributed by atoms with Gasteiger partial charge >= 0.3 is 0 Å². The zero-order chi connectivity index (χ0) is 12.3. The van der Waals surface area contributed by atoms with Crippen LogP contribution in [0, 0.1) is 5.92 Å². The highest BCUT2D eigenvalue weighted by Crippen LogP contribution is 2.31. The van der Waals surface area contributed by atoms with Crippen LogP contribution in [0.3, 0.4) is 0 Å². The minimum Gasteiger partial charge on any atom is -0.383 e. The number of carbonyl (C=O) groups is 1. The number of nitrogens with two attached hydrogens (primary N) is 1. The highest BCUT2D eigenvalue weighted by Gasteiger charge is 2.36. The maximum atomic E-state index is 12.4. The topological polar surface area (TPSA) is 55.6 Å². The molecule has 0 heterocycles. The van der Waals surface area contributed by atoms with Gasteiger partial charge in [0.05, 0.1) is 6.61 Å². The molecule has 2 unspecified atom stereocenters. The molecule has 2 N–H and O–H groups in total. The maximum absolute atomic E-state index is 12.4. The van der Waals surface area contributed by atoms with Gasteiger partial charge in [-0.25, -0.2) is 0 Å². The summed E-state index contributed by atoms with van der Waals surface area (Å²) >= 11 is 0. The first kappa shape index (κ1) is 12.8. The molecule has 0 saturated heterocycles. The minimum atomic E-state index is 0.163. The van der Waals surface area contributed by atoms with Crippen molar-refractivity contribution in [3.05, 3.63) is 0 Å². The third-order valence-electron chi connectivity index (χ3n) is 3.87. The molecule has 2 saturated carbocycles. The van der Waals surface area contributed by atoms with Gasteiger partial charge in [-0.05, 0) is 32.1 Å². The summed E-state index contributed by atoms with van der Waals surface area (Å²) in [5, 5.41) is 0. The van der Waals surface area contributed by atoms with Crippen molar-refractivity contribution in [3.8, 4) is 0 Å². The van der Waals surface area contributed by atoms with Crippen LogP contribution in [0.15, 0.2) is 0 Å². The van der Waals surface area contributed by atoms with Crippen molar-refractivity contribution in [2.45, 2.75) is 50.6 Å². The molecule has 0 bridgehead atoms. The van der Waals surface area contributed by atoms with Gasteiger partial charge in [0.1, 0.15) is 0 Å². The lowest BCUT2D eigenvalue weighted by Crippen LogP contribution is -2.43. The van der Waals surface area contributed by atoms with E-state index >= 15 is 0 Å². The van der Waals surface area contributed by atoms with Crippen molar-refractivity contribution in [2.75, 3.05) is 20.3 Å². The summed E-state index contributed by atoms with van der Waals surface area (Å²) in [5.41, 5.74) is 5.96. The Kier molecular flexibility index (Phi) is 4.40. The monoisotopic (exact) mass is 240 g/mol. The van der Waals surface area contributed by atoms with Gasteiger partial charge in [-0.1, -0.05) is 6.42 Å². The van der Waals surface area contributed by atoms with Crippen LogP contribution in [-0.4, -0.2) is 43.2 Å². The Labute approximate surface area is 103 Å². The van der Waals surface area contributed by atoms with Crippen molar-refractivity contribution in [1.29, 1.82) is 0 Å². The molecule has 1 amide bonds. The normalized spacial score (nSPS) is 29.1. The van der Waals surface area contributed by atoms with Gasteiger partial charge in [0, 0.05) is 31.7 Å². The number of carbonyl (C=O) groups excluding carboxylic acids is 1. The van der Waals surface area contributed by atoms with E-state index in [2.05, 4.69) is 0 Å². The van der Waals surface area contributed by atoms with Crippen molar-refractivity contribution in [2.24, 2.45) is 11.7 Å². The lowest BCUT2D eigenvalue weighted by Gasteiger charge is -2.31. The lowest BCUT2D eigenvalue weighted by atomic mass is 9.85. The first-order valence-electron chi connectivity index (χ1n) is 6.77. The molecule has 0 spiro atoms. The maximum Gasteiger partial charge on any atom is 0.226 e. The molecule has 0 aromatic carbocycles. The third kappa shape index (κ3) is 3.42. The summed E-state index contributed by atoms with van der Waals surface area (Å²) in [6.07, 6.45) is 6.38. The Hall–Kier alpha value is -0.610. The number of amides is 1. The van der Waals surface area contributed by atoms with Crippen molar-refractivity contribution >= 4 is 5.91 Å². The van der Waals surface area contributed by atoms with Gasteiger partial charge < -0.3 is 15.4 Å². The van der Waals surface area contributed by atoms with Crippen LogP contribution in [0.5, 0.6) is 0 Å². The summed E-state index contributed by atoms with van der Waals surface area (Å²) in [4.78, 5) is 14.5. The number of hydrogen-bond acceptors (Lipinski definition) is 3. The summed E-state index contributed by atoms with van der Waals surface area (Å²) < 4.78 is 5.09. The quantitative estimate of drug-likeness (QED) is 0.784. The van der Waals surface area contributed by atoms with Gasteiger partial charge in [0.15, 0.2) is 0 Å². The molecule has 2 rings (SSSR count). The van der Waals surface area contributed by atoms with E-state index < -0.39 is 0 Å². The minimum absolute atomic E-state index is 0.163. The highest BCUT2D eigenvalue weighted by molar-refractivity contribution is 5.79. The second-order valence-electron chi connectivity index (χ2n) is 5.38. The van der Waals surface area contributed by atoms with Crippen LogP contribution >= 0.6 is 0 Å². The van der Waals surface area contributed by atoms with Crippen LogP contribution in [0.25, 0.3) is 0 Å². The standard InChI is InChI=1S/C13H24N2O2/c1-17-8-7-15(12-5-6-12)13(16)10-3-2-4-11(14)9-10/h10-12H,2-9,14H2,1H3. The fourth-order valence-electron chi connectivity index (χ4n) is 2.73. The first-order valence-corrected chi connectivity index (χ1v) is 6.77. The predicted octanol–water partition coefficient (Wildman–Crippen LogP) is 1.14. The summed E-state index contributed by atoms with van der Waals surface area (Å²) in [6.45, 7) is 1.38. The van der Waals surface area contributed by atoms with E-state index in [1.165, 1.54) is 0 Å². The Morgan fingerprint density at radius 1 is 1.35 bits per heavy atom. The van der Waals surface area contributed by atoms with Gasteiger partial charge in [-0.15, -0.1) is 0 Å².